The minimum absolute atomic E-state index is 0.0243. The van der Waals surface area contributed by atoms with E-state index in [2.05, 4.69) is 0 Å². The minimum Gasteiger partial charge on any atom is -0.469 e. The molecule has 2 rings (SSSR count). The summed E-state index contributed by atoms with van der Waals surface area (Å²) >= 11 is 0. The Balaban J connectivity index is 1.77. The second-order valence-electron chi connectivity index (χ2n) is 6.33. The molecular weight excluding hydrogens is 260 g/mol. The molecular formula is C15H24O5. The lowest BCUT2D eigenvalue weighted by atomic mass is 9.85. The van der Waals surface area contributed by atoms with Crippen molar-refractivity contribution >= 4 is 11.8 Å². The lowest BCUT2D eigenvalue weighted by Gasteiger charge is -2.21. The maximum atomic E-state index is 12.3. The van der Waals surface area contributed by atoms with E-state index in [9.17, 15) is 9.59 Å². The Morgan fingerprint density at radius 3 is 2.70 bits per heavy atom. The van der Waals surface area contributed by atoms with Crippen molar-refractivity contribution in [3.8, 4) is 0 Å². The molecule has 1 heterocycles. The smallest absolute Gasteiger partial charge is 0.311 e. The van der Waals surface area contributed by atoms with E-state index in [-0.39, 0.29) is 29.9 Å². The topological polar surface area (TPSA) is 61.8 Å². The summed E-state index contributed by atoms with van der Waals surface area (Å²) in [6.07, 6.45) is 3.69. The summed E-state index contributed by atoms with van der Waals surface area (Å²) < 4.78 is 15.7. The Morgan fingerprint density at radius 1 is 1.25 bits per heavy atom. The van der Waals surface area contributed by atoms with E-state index in [1.807, 2.05) is 13.8 Å². The third-order valence-electron chi connectivity index (χ3n) is 4.44. The number of carbonyl (C=O) groups is 2. The van der Waals surface area contributed by atoms with Crippen LogP contribution in [0.4, 0.5) is 0 Å². The molecule has 0 aromatic carbocycles. The number of Topliss-reactive ketones (excluding diaryl/α,β-unsaturated/α-hetero) is 1. The lowest BCUT2D eigenvalue weighted by Crippen LogP contribution is -2.29. The van der Waals surface area contributed by atoms with Gasteiger partial charge in [0.2, 0.25) is 0 Å². The molecule has 0 aromatic heterocycles. The summed E-state index contributed by atoms with van der Waals surface area (Å²) in [4.78, 5) is 23.8. The van der Waals surface area contributed by atoms with E-state index in [0.29, 0.717) is 26.1 Å². The van der Waals surface area contributed by atoms with Gasteiger partial charge in [0, 0.05) is 12.3 Å². The van der Waals surface area contributed by atoms with Crippen molar-refractivity contribution in [3.63, 3.8) is 0 Å². The van der Waals surface area contributed by atoms with E-state index < -0.39 is 5.41 Å². The first-order valence-corrected chi connectivity index (χ1v) is 7.30. The number of carbonyl (C=O) groups excluding carboxylic acids is 2. The SMILES string of the molecule is COC(=O)C(C)(C)CCCC(=O)[C@H]1CC[C@@H]2OCO[C@@H]21. The molecule has 0 radical (unpaired) electrons. The number of ketones is 1. The van der Waals surface area contributed by atoms with Crippen LogP contribution in [0.2, 0.25) is 0 Å². The van der Waals surface area contributed by atoms with Crippen LogP contribution in [0.1, 0.15) is 46.0 Å². The number of hydrogen-bond donors (Lipinski definition) is 0. The third kappa shape index (κ3) is 3.20. The molecule has 0 N–H and O–H groups in total. The Hall–Kier alpha value is -0.940. The Morgan fingerprint density at radius 2 is 2.00 bits per heavy atom. The Bertz CT molecular complexity index is 376. The highest BCUT2D eigenvalue weighted by molar-refractivity contribution is 5.82. The van der Waals surface area contributed by atoms with E-state index >= 15 is 0 Å². The molecule has 20 heavy (non-hydrogen) atoms. The van der Waals surface area contributed by atoms with Gasteiger partial charge in [-0.25, -0.2) is 0 Å². The van der Waals surface area contributed by atoms with Gasteiger partial charge in [-0.15, -0.1) is 0 Å². The normalized spacial score (nSPS) is 29.2. The first-order valence-electron chi connectivity index (χ1n) is 7.30. The van der Waals surface area contributed by atoms with Crippen LogP contribution in [0.3, 0.4) is 0 Å². The first-order chi connectivity index (χ1) is 9.45. The van der Waals surface area contributed by atoms with Crippen LogP contribution in [0.15, 0.2) is 0 Å². The fourth-order valence-electron chi connectivity index (χ4n) is 3.15. The van der Waals surface area contributed by atoms with Gasteiger partial charge in [-0.05, 0) is 39.5 Å². The fourth-order valence-corrected chi connectivity index (χ4v) is 3.15. The molecule has 5 nitrogen and oxygen atoms in total. The van der Waals surface area contributed by atoms with Gasteiger partial charge in [-0.3, -0.25) is 9.59 Å². The van der Waals surface area contributed by atoms with Gasteiger partial charge in [0.05, 0.1) is 24.7 Å². The predicted molar refractivity (Wildman–Crippen MR) is 72.0 cm³/mol. The van der Waals surface area contributed by atoms with Crippen LogP contribution in [-0.2, 0) is 23.8 Å². The van der Waals surface area contributed by atoms with Crippen molar-refractivity contribution in [2.75, 3.05) is 13.9 Å². The Kier molecular flexibility index (Phi) is 4.81. The summed E-state index contributed by atoms with van der Waals surface area (Å²) in [5, 5.41) is 0. The van der Waals surface area contributed by atoms with Crippen LogP contribution < -0.4 is 0 Å². The van der Waals surface area contributed by atoms with E-state index in [0.717, 1.165) is 12.8 Å². The summed E-state index contributed by atoms with van der Waals surface area (Å²) in [5.41, 5.74) is -0.528. The number of esters is 1. The number of fused-ring (bicyclic) bond motifs is 1. The first kappa shape index (κ1) is 15.4. The zero-order valence-electron chi connectivity index (χ0n) is 12.5. The quantitative estimate of drug-likeness (QED) is 0.699. The summed E-state index contributed by atoms with van der Waals surface area (Å²) in [6, 6.07) is 0. The summed E-state index contributed by atoms with van der Waals surface area (Å²) in [7, 11) is 1.39. The molecule has 114 valence electrons. The molecule has 0 amide bonds. The summed E-state index contributed by atoms with van der Waals surface area (Å²) in [5.74, 6) is -0.00851. The van der Waals surface area contributed by atoms with Gasteiger partial charge in [-0.2, -0.15) is 0 Å². The molecule has 1 aliphatic heterocycles. The molecule has 0 aromatic rings. The van der Waals surface area contributed by atoms with Gasteiger partial charge < -0.3 is 14.2 Å². The Labute approximate surface area is 120 Å². The van der Waals surface area contributed by atoms with Gasteiger partial charge in [-0.1, -0.05) is 0 Å². The molecule has 0 unspecified atom stereocenters. The second-order valence-corrected chi connectivity index (χ2v) is 6.33. The number of rotatable bonds is 6. The van der Waals surface area contributed by atoms with Crippen molar-refractivity contribution in [2.45, 2.75) is 58.2 Å². The zero-order valence-corrected chi connectivity index (χ0v) is 12.5. The molecule has 1 aliphatic carbocycles. The second kappa shape index (κ2) is 6.22. The number of ether oxygens (including phenoxy) is 3. The van der Waals surface area contributed by atoms with Crippen LogP contribution in [-0.4, -0.2) is 37.9 Å². The molecule has 2 fully saturated rings. The maximum Gasteiger partial charge on any atom is 0.311 e. The van der Waals surface area contributed by atoms with Crippen LogP contribution >= 0.6 is 0 Å². The summed E-state index contributed by atoms with van der Waals surface area (Å²) in [6.45, 7) is 4.01. The van der Waals surface area contributed by atoms with E-state index in [1.165, 1.54) is 7.11 Å². The molecule has 5 heteroatoms. The number of methoxy groups -OCH3 is 1. The minimum atomic E-state index is -0.528. The number of hydrogen-bond acceptors (Lipinski definition) is 5. The molecule has 3 atom stereocenters. The van der Waals surface area contributed by atoms with Gasteiger partial charge in [0.15, 0.2) is 0 Å². The van der Waals surface area contributed by atoms with E-state index in [4.69, 9.17) is 14.2 Å². The highest BCUT2D eigenvalue weighted by Gasteiger charge is 2.44. The third-order valence-corrected chi connectivity index (χ3v) is 4.44. The van der Waals surface area contributed by atoms with Crippen LogP contribution in [0, 0.1) is 11.3 Å². The van der Waals surface area contributed by atoms with Crippen molar-refractivity contribution in [1.82, 2.24) is 0 Å². The van der Waals surface area contributed by atoms with Crippen LogP contribution in [0.25, 0.3) is 0 Å². The standard InChI is InChI=1S/C15H24O5/c1-15(2,14(17)18-3)8-4-5-11(16)10-6-7-12-13(10)20-9-19-12/h10,12-13H,4-9H2,1-3H3/t10-,12+,13-/m1/s1. The largest absolute Gasteiger partial charge is 0.469 e. The maximum absolute atomic E-state index is 12.3. The molecule has 2 aliphatic rings. The highest BCUT2D eigenvalue weighted by Crippen LogP contribution is 2.36. The van der Waals surface area contributed by atoms with Crippen molar-refractivity contribution < 1.29 is 23.8 Å². The highest BCUT2D eigenvalue weighted by atomic mass is 16.7. The molecule has 0 bridgehead atoms. The zero-order chi connectivity index (χ0) is 14.8. The van der Waals surface area contributed by atoms with Crippen molar-refractivity contribution in [3.05, 3.63) is 0 Å². The monoisotopic (exact) mass is 284 g/mol. The predicted octanol–water partition coefficient (Wildman–Crippen LogP) is 2.08. The molecule has 1 saturated heterocycles. The van der Waals surface area contributed by atoms with E-state index in [1.54, 1.807) is 0 Å². The average Bonchev–Trinajstić information content (AvgIpc) is 2.99. The molecule has 0 spiro atoms. The van der Waals surface area contributed by atoms with Gasteiger partial charge in [0.1, 0.15) is 12.6 Å². The van der Waals surface area contributed by atoms with Gasteiger partial charge >= 0.3 is 5.97 Å². The fraction of sp³-hybridized carbons (Fsp3) is 0.867. The average molecular weight is 284 g/mol. The van der Waals surface area contributed by atoms with Gasteiger partial charge in [0.25, 0.3) is 0 Å². The molecule has 1 saturated carbocycles. The van der Waals surface area contributed by atoms with Crippen molar-refractivity contribution in [2.24, 2.45) is 11.3 Å². The van der Waals surface area contributed by atoms with Crippen LogP contribution in [0.5, 0.6) is 0 Å². The lowest BCUT2D eigenvalue weighted by molar-refractivity contribution is -0.151. The van der Waals surface area contributed by atoms with Crippen molar-refractivity contribution in [1.29, 1.82) is 0 Å².